The molecule has 0 spiro atoms. The first-order chi connectivity index (χ1) is 8.84. The van der Waals surface area contributed by atoms with Crippen molar-refractivity contribution in [2.75, 3.05) is 12.8 Å². The van der Waals surface area contributed by atoms with Gasteiger partial charge in [0.05, 0.1) is 10.6 Å². The third-order valence-corrected chi connectivity index (χ3v) is 5.66. The second-order valence-corrected chi connectivity index (χ2v) is 7.10. The lowest BCUT2D eigenvalue weighted by atomic mass is 10.2. The molecule has 0 unspecified atom stereocenters. The first kappa shape index (κ1) is 14.3. The summed E-state index contributed by atoms with van der Waals surface area (Å²) in [5.41, 5.74) is 5.64. The Morgan fingerprint density at radius 3 is 2.42 bits per heavy atom. The Labute approximate surface area is 113 Å². The van der Waals surface area contributed by atoms with Crippen LogP contribution in [-0.2, 0) is 10.0 Å². The van der Waals surface area contributed by atoms with Crippen LogP contribution in [0.2, 0.25) is 0 Å². The zero-order valence-corrected chi connectivity index (χ0v) is 12.0. The number of aryl methyl sites for hydroxylation is 1. The summed E-state index contributed by atoms with van der Waals surface area (Å²) in [6, 6.07) is 2.58. The number of hydrogen-bond donors (Lipinski definition) is 1. The summed E-state index contributed by atoms with van der Waals surface area (Å²) >= 11 is 0. The van der Waals surface area contributed by atoms with E-state index in [2.05, 4.69) is 0 Å². The molecule has 1 aromatic rings. The molecule has 1 aliphatic carbocycles. The summed E-state index contributed by atoms with van der Waals surface area (Å²) in [4.78, 5) is 0.0679. The molecule has 0 aromatic heterocycles. The number of sulfonamides is 1. The van der Waals surface area contributed by atoms with Crippen LogP contribution in [0, 0.1) is 12.7 Å². The van der Waals surface area contributed by atoms with Gasteiger partial charge < -0.3 is 5.73 Å². The topological polar surface area (TPSA) is 63.4 Å². The molecule has 2 N–H and O–H groups in total. The Morgan fingerprint density at radius 1 is 1.32 bits per heavy atom. The van der Waals surface area contributed by atoms with Crippen LogP contribution >= 0.6 is 0 Å². The fourth-order valence-electron chi connectivity index (χ4n) is 2.54. The van der Waals surface area contributed by atoms with Crippen molar-refractivity contribution in [1.82, 2.24) is 4.31 Å². The van der Waals surface area contributed by atoms with Crippen molar-refractivity contribution in [3.05, 3.63) is 23.5 Å². The molecule has 19 heavy (non-hydrogen) atoms. The van der Waals surface area contributed by atoms with E-state index in [-0.39, 0.29) is 22.2 Å². The van der Waals surface area contributed by atoms with Crippen molar-refractivity contribution in [1.29, 1.82) is 0 Å². The van der Waals surface area contributed by atoms with Gasteiger partial charge in [-0.3, -0.25) is 0 Å². The van der Waals surface area contributed by atoms with Crippen LogP contribution in [0.3, 0.4) is 0 Å². The van der Waals surface area contributed by atoms with Gasteiger partial charge in [0.15, 0.2) is 0 Å². The van der Waals surface area contributed by atoms with Gasteiger partial charge in [-0.2, -0.15) is 4.31 Å². The molecule has 0 bridgehead atoms. The molecule has 0 saturated heterocycles. The molecule has 1 fully saturated rings. The van der Waals surface area contributed by atoms with Gasteiger partial charge in [-0.1, -0.05) is 12.8 Å². The number of anilines is 1. The van der Waals surface area contributed by atoms with Gasteiger partial charge >= 0.3 is 0 Å². The second kappa shape index (κ2) is 5.09. The van der Waals surface area contributed by atoms with E-state index in [0.29, 0.717) is 0 Å². The van der Waals surface area contributed by atoms with Gasteiger partial charge in [-0.05, 0) is 37.5 Å². The van der Waals surface area contributed by atoms with E-state index < -0.39 is 15.8 Å². The largest absolute Gasteiger partial charge is 0.396 e. The molecular weight excluding hydrogens is 267 g/mol. The first-order valence-electron chi connectivity index (χ1n) is 6.37. The monoisotopic (exact) mass is 286 g/mol. The summed E-state index contributed by atoms with van der Waals surface area (Å²) in [7, 11) is -2.01. The van der Waals surface area contributed by atoms with Crippen LogP contribution in [0.1, 0.15) is 31.2 Å². The van der Waals surface area contributed by atoms with Gasteiger partial charge in [0, 0.05) is 13.1 Å². The Hall–Kier alpha value is -1.14. The smallest absolute Gasteiger partial charge is 0.243 e. The number of rotatable bonds is 3. The third kappa shape index (κ3) is 2.60. The third-order valence-electron chi connectivity index (χ3n) is 3.77. The zero-order chi connectivity index (χ0) is 14.2. The van der Waals surface area contributed by atoms with Crippen molar-refractivity contribution in [3.8, 4) is 0 Å². The van der Waals surface area contributed by atoms with E-state index >= 15 is 0 Å². The molecule has 0 heterocycles. The molecular formula is C13H19FN2O2S. The van der Waals surface area contributed by atoms with Gasteiger partial charge in [0.1, 0.15) is 5.82 Å². The van der Waals surface area contributed by atoms with Crippen molar-refractivity contribution in [2.45, 2.75) is 43.5 Å². The van der Waals surface area contributed by atoms with Gasteiger partial charge in [-0.15, -0.1) is 0 Å². The van der Waals surface area contributed by atoms with Crippen LogP contribution in [0.25, 0.3) is 0 Å². The highest BCUT2D eigenvalue weighted by Crippen LogP contribution is 2.29. The molecule has 106 valence electrons. The highest BCUT2D eigenvalue weighted by atomic mass is 32.2. The quantitative estimate of drug-likeness (QED) is 0.867. The Kier molecular flexibility index (Phi) is 3.82. The molecule has 1 aromatic carbocycles. The molecule has 0 amide bonds. The van der Waals surface area contributed by atoms with Crippen LogP contribution in [0.15, 0.2) is 17.0 Å². The Bertz CT molecular complexity index is 557. The maximum Gasteiger partial charge on any atom is 0.243 e. The summed E-state index contributed by atoms with van der Waals surface area (Å²) in [6.07, 6.45) is 3.86. The lowest BCUT2D eigenvalue weighted by molar-refractivity contribution is 0.373. The first-order valence-corrected chi connectivity index (χ1v) is 7.81. The van der Waals surface area contributed by atoms with Crippen LogP contribution in [-0.4, -0.2) is 25.8 Å². The summed E-state index contributed by atoms with van der Waals surface area (Å²) in [6.45, 7) is 1.51. The predicted octanol–water partition coefficient (Wildman–Crippen LogP) is 2.28. The molecule has 1 aliphatic rings. The van der Waals surface area contributed by atoms with Crippen molar-refractivity contribution < 1.29 is 12.8 Å². The second-order valence-electron chi connectivity index (χ2n) is 5.10. The van der Waals surface area contributed by atoms with Gasteiger partial charge in [0.25, 0.3) is 0 Å². The normalized spacial score (nSPS) is 17.3. The van der Waals surface area contributed by atoms with Gasteiger partial charge in [-0.25, -0.2) is 12.8 Å². The van der Waals surface area contributed by atoms with E-state index in [9.17, 15) is 12.8 Å². The average molecular weight is 286 g/mol. The van der Waals surface area contributed by atoms with Crippen LogP contribution in [0.5, 0.6) is 0 Å². The SMILES string of the molecule is Cc1cc(S(=O)(=O)N(C)C2CCCC2)cc(N)c1F. The maximum absolute atomic E-state index is 13.5. The maximum atomic E-state index is 13.5. The highest BCUT2D eigenvalue weighted by Gasteiger charge is 2.30. The fourth-order valence-corrected chi connectivity index (χ4v) is 4.08. The number of benzene rings is 1. The van der Waals surface area contributed by atoms with E-state index in [1.807, 2.05) is 0 Å². The minimum absolute atomic E-state index is 0.0385. The number of nitrogens with two attached hydrogens (primary N) is 1. The minimum atomic E-state index is -3.60. The number of hydrogen-bond acceptors (Lipinski definition) is 3. The lowest BCUT2D eigenvalue weighted by Crippen LogP contribution is -2.35. The Morgan fingerprint density at radius 2 is 1.89 bits per heavy atom. The number of nitrogens with zero attached hydrogens (tertiary/aromatic N) is 1. The predicted molar refractivity (Wildman–Crippen MR) is 72.8 cm³/mol. The molecule has 0 atom stereocenters. The van der Waals surface area contributed by atoms with E-state index in [0.717, 1.165) is 25.7 Å². The zero-order valence-electron chi connectivity index (χ0n) is 11.2. The summed E-state index contributed by atoms with van der Waals surface area (Å²) in [5.74, 6) is -0.553. The number of nitrogen functional groups attached to an aromatic ring is 1. The molecule has 0 radical (unpaired) electrons. The van der Waals surface area contributed by atoms with Crippen molar-refractivity contribution in [2.24, 2.45) is 0 Å². The highest BCUT2D eigenvalue weighted by molar-refractivity contribution is 7.89. The van der Waals surface area contributed by atoms with E-state index in [1.54, 1.807) is 7.05 Å². The van der Waals surface area contributed by atoms with Crippen LogP contribution < -0.4 is 5.73 Å². The van der Waals surface area contributed by atoms with E-state index in [1.165, 1.54) is 23.4 Å². The molecule has 1 saturated carbocycles. The summed E-state index contributed by atoms with van der Waals surface area (Å²) < 4.78 is 39.8. The molecule has 2 rings (SSSR count). The van der Waals surface area contributed by atoms with Crippen molar-refractivity contribution in [3.63, 3.8) is 0 Å². The lowest BCUT2D eigenvalue weighted by Gasteiger charge is -2.24. The van der Waals surface area contributed by atoms with E-state index in [4.69, 9.17) is 5.73 Å². The molecule has 6 heteroatoms. The average Bonchev–Trinajstić information content (AvgIpc) is 2.87. The standard InChI is InChI=1S/C13H19FN2O2S/c1-9-7-11(8-12(15)13(9)14)19(17,18)16(2)10-5-3-4-6-10/h7-8,10H,3-6,15H2,1-2H3. The van der Waals surface area contributed by atoms with Crippen molar-refractivity contribution >= 4 is 15.7 Å². The summed E-state index contributed by atoms with van der Waals surface area (Å²) in [5, 5.41) is 0. The number of halogens is 1. The Balaban J connectivity index is 2.39. The van der Waals surface area contributed by atoms with Crippen LogP contribution in [0.4, 0.5) is 10.1 Å². The van der Waals surface area contributed by atoms with Gasteiger partial charge in [0.2, 0.25) is 10.0 Å². The molecule has 0 aliphatic heterocycles. The minimum Gasteiger partial charge on any atom is -0.396 e. The fraction of sp³-hybridized carbons (Fsp3) is 0.538. The molecule has 4 nitrogen and oxygen atoms in total.